The van der Waals surface area contributed by atoms with Crippen LogP contribution in [0.2, 0.25) is 0 Å². The number of carbonyl (C=O) groups excluding carboxylic acids is 2. The number of Topliss-reactive ketones (excluding diaryl/α,β-unsaturated/α-hetero) is 1. The maximum atomic E-state index is 12.6. The number of ketones is 1. The summed E-state index contributed by atoms with van der Waals surface area (Å²) in [7, 11) is 0. The molecule has 25 heavy (non-hydrogen) atoms. The summed E-state index contributed by atoms with van der Waals surface area (Å²) in [6.07, 6.45) is 5.19. The number of hydrogen-bond donors (Lipinski definition) is 3. The van der Waals surface area contributed by atoms with Crippen LogP contribution in [0.4, 0.5) is 0 Å². The number of amides is 1. The first-order valence-electron chi connectivity index (χ1n) is 9.17. The van der Waals surface area contributed by atoms with E-state index in [9.17, 15) is 14.4 Å². The van der Waals surface area contributed by atoms with E-state index in [4.69, 9.17) is 0 Å². The van der Waals surface area contributed by atoms with Gasteiger partial charge in [0.05, 0.1) is 0 Å². The van der Waals surface area contributed by atoms with Gasteiger partial charge in [-0.1, -0.05) is 13.8 Å². The lowest BCUT2D eigenvalue weighted by Crippen LogP contribution is -2.48. The molecule has 6 heteroatoms. The minimum atomic E-state index is -0.404. The molecule has 2 unspecified atom stereocenters. The molecule has 1 aromatic heterocycles. The van der Waals surface area contributed by atoms with Gasteiger partial charge in [-0.15, -0.1) is 0 Å². The number of fused-ring (bicyclic) bond motifs is 3. The zero-order valence-corrected chi connectivity index (χ0v) is 14.8. The van der Waals surface area contributed by atoms with Crippen molar-refractivity contribution in [3.63, 3.8) is 0 Å². The van der Waals surface area contributed by atoms with Crippen molar-refractivity contribution in [2.45, 2.75) is 70.5 Å². The fourth-order valence-electron chi connectivity index (χ4n) is 4.63. The van der Waals surface area contributed by atoms with Crippen molar-refractivity contribution in [2.24, 2.45) is 5.41 Å². The number of pyridine rings is 1. The van der Waals surface area contributed by atoms with Crippen LogP contribution in [0.1, 0.15) is 72.4 Å². The van der Waals surface area contributed by atoms with Crippen LogP contribution in [0.15, 0.2) is 10.9 Å². The number of aromatic nitrogens is 1. The maximum absolute atomic E-state index is 12.6. The Hall–Kier alpha value is -1.95. The Kier molecular flexibility index (Phi) is 3.83. The molecule has 2 fully saturated rings. The van der Waals surface area contributed by atoms with Crippen LogP contribution in [0.5, 0.6) is 0 Å². The molecule has 0 aromatic carbocycles. The monoisotopic (exact) mass is 343 g/mol. The third-order valence-electron chi connectivity index (χ3n) is 5.77. The van der Waals surface area contributed by atoms with Gasteiger partial charge in [0.1, 0.15) is 5.56 Å². The molecule has 2 saturated heterocycles. The second kappa shape index (κ2) is 5.80. The lowest BCUT2D eigenvalue weighted by atomic mass is 9.75. The van der Waals surface area contributed by atoms with Crippen molar-refractivity contribution in [3.8, 4) is 0 Å². The van der Waals surface area contributed by atoms with Crippen LogP contribution >= 0.6 is 0 Å². The molecule has 2 aliphatic heterocycles. The highest BCUT2D eigenvalue weighted by atomic mass is 16.2. The van der Waals surface area contributed by atoms with Crippen LogP contribution < -0.4 is 16.2 Å². The first-order valence-corrected chi connectivity index (χ1v) is 9.17. The van der Waals surface area contributed by atoms with Gasteiger partial charge in [-0.3, -0.25) is 14.4 Å². The molecular weight excluding hydrogens is 318 g/mol. The lowest BCUT2D eigenvalue weighted by molar-refractivity contribution is 0.0910. The minimum Gasteiger partial charge on any atom is -0.349 e. The Morgan fingerprint density at radius 3 is 2.52 bits per heavy atom. The molecule has 3 N–H and O–H groups in total. The SMILES string of the molecule is CC1(C)CC(=O)c2cc(C(=O)NC3CC4CCC(C3)N4)c(=O)[nH]c2C1. The molecule has 3 aliphatic rings. The third kappa shape index (κ3) is 3.15. The second-order valence-electron chi connectivity index (χ2n) is 8.62. The van der Waals surface area contributed by atoms with Crippen LogP contribution in [0.25, 0.3) is 0 Å². The average Bonchev–Trinajstić information content (AvgIpc) is 2.84. The molecule has 3 heterocycles. The Labute approximate surface area is 146 Å². The quantitative estimate of drug-likeness (QED) is 0.760. The van der Waals surface area contributed by atoms with E-state index in [1.165, 1.54) is 6.07 Å². The molecule has 2 atom stereocenters. The summed E-state index contributed by atoms with van der Waals surface area (Å²) in [6.45, 7) is 4.02. The molecular formula is C19H25N3O3. The molecule has 0 saturated carbocycles. The summed E-state index contributed by atoms with van der Waals surface area (Å²) < 4.78 is 0. The molecule has 0 radical (unpaired) electrons. The normalized spacial score (nSPS) is 30.0. The van der Waals surface area contributed by atoms with Gasteiger partial charge in [0.25, 0.3) is 11.5 Å². The van der Waals surface area contributed by atoms with E-state index < -0.39 is 5.56 Å². The zero-order valence-electron chi connectivity index (χ0n) is 14.8. The van der Waals surface area contributed by atoms with Crippen molar-refractivity contribution >= 4 is 11.7 Å². The Bertz CT molecular complexity index is 784. The molecule has 1 amide bonds. The van der Waals surface area contributed by atoms with Crippen molar-refractivity contribution in [2.75, 3.05) is 0 Å². The topological polar surface area (TPSA) is 91.1 Å². The van der Waals surface area contributed by atoms with E-state index in [0.29, 0.717) is 36.2 Å². The fourth-order valence-corrected chi connectivity index (χ4v) is 4.63. The third-order valence-corrected chi connectivity index (χ3v) is 5.77. The van der Waals surface area contributed by atoms with Gasteiger partial charge in [0.2, 0.25) is 0 Å². The van der Waals surface area contributed by atoms with Crippen LogP contribution in [-0.4, -0.2) is 34.8 Å². The predicted molar refractivity (Wildman–Crippen MR) is 93.9 cm³/mol. The van der Waals surface area contributed by atoms with E-state index in [1.807, 2.05) is 13.8 Å². The number of carbonyl (C=O) groups is 2. The van der Waals surface area contributed by atoms with Crippen LogP contribution in [0, 0.1) is 5.41 Å². The number of rotatable bonds is 2. The van der Waals surface area contributed by atoms with Gasteiger partial charge < -0.3 is 15.6 Å². The first-order chi connectivity index (χ1) is 11.8. The number of nitrogens with one attached hydrogen (secondary N) is 3. The van der Waals surface area contributed by atoms with Gasteiger partial charge in [0.15, 0.2) is 5.78 Å². The van der Waals surface area contributed by atoms with Crippen molar-refractivity contribution in [1.29, 1.82) is 0 Å². The summed E-state index contributed by atoms with van der Waals surface area (Å²) in [4.78, 5) is 40.2. The zero-order chi connectivity index (χ0) is 17.8. The highest BCUT2D eigenvalue weighted by Crippen LogP contribution is 2.33. The fraction of sp³-hybridized carbons (Fsp3) is 0.632. The summed E-state index contributed by atoms with van der Waals surface area (Å²) in [5, 5.41) is 6.54. The highest BCUT2D eigenvalue weighted by Gasteiger charge is 2.35. The van der Waals surface area contributed by atoms with Gasteiger partial charge in [0, 0.05) is 35.8 Å². The van der Waals surface area contributed by atoms with E-state index in [-0.39, 0.29) is 28.7 Å². The van der Waals surface area contributed by atoms with Gasteiger partial charge in [-0.05, 0) is 43.6 Å². The van der Waals surface area contributed by atoms with Crippen molar-refractivity contribution in [1.82, 2.24) is 15.6 Å². The smallest absolute Gasteiger partial charge is 0.261 e. The Morgan fingerprint density at radius 2 is 1.84 bits per heavy atom. The molecule has 1 aromatic rings. The van der Waals surface area contributed by atoms with Gasteiger partial charge in [-0.25, -0.2) is 0 Å². The number of aromatic amines is 1. The average molecular weight is 343 g/mol. The highest BCUT2D eigenvalue weighted by molar-refractivity contribution is 6.02. The summed E-state index contributed by atoms with van der Waals surface area (Å²) in [5.74, 6) is -0.371. The summed E-state index contributed by atoms with van der Waals surface area (Å²) >= 11 is 0. The van der Waals surface area contributed by atoms with E-state index >= 15 is 0 Å². The molecule has 134 valence electrons. The summed E-state index contributed by atoms with van der Waals surface area (Å²) in [5.41, 5.74) is 0.638. The molecule has 2 bridgehead atoms. The number of hydrogen-bond acceptors (Lipinski definition) is 4. The van der Waals surface area contributed by atoms with Crippen LogP contribution in [-0.2, 0) is 6.42 Å². The van der Waals surface area contributed by atoms with Crippen molar-refractivity contribution in [3.05, 3.63) is 33.2 Å². The molecule has 0 spiro atoms. The predicted octanol–water partition coefficient (Wildman–Crippen LogP) is 1.54. The second-order valence-corrected chi connectivity index (χ2v) is 8.62. The van der Waals surface area contributed by atoms with Gasteiger partial charge >= 0.3 is 0 Å². The maximum Gasteiger partial charge on any atom is 0.261 e. The molecule has 4 rings (SSSR count). The number of H-pyrrole nitrogens is 1. The van der Waals surface area contributed by atoms with E-state index in [0.717, 1.165) is 25.7 Å². The lowest BCUT2D eigenvalue weighted by Gasteiger charge is -2.30. The number of piperidine rings is 1. The van der Waals surface area contributed by atoms with Crippen molar-refractivity contribution < 1.29 is 9.59 Å². The molecule has 6 nitrogen and oxygen atoms in total. The minimum absolute atomic E-state index is 0.00328. The Morgan fingerprint density at radius 1 is 1.16 bits per heavy atom. The first kappa shape index (κ1) is 16.5. The molecule has 1 aliphatic carbocycles. The Balaban J connectivity index is 1.56. The van der Waals surface area contributed by atoms with Crippen LogP contribution in [0.3, 0.4) is 0 Å². The standard InChI is InChI=1S/C19H25N3O3/c1-19(2)8-15-13(16(23)9-19)7-14(18(25)22-15)17(24)21-12-5-10-3-4-11(6-12)20-10/h7,10-12,20H,3-6,8-9H2,1-2H3,(H,21,24)(H,22,25). The summed E-state index contributed by atoms with van der Waals surface area (Å²) in [6, 6.07) is 2.53. The van der Waals surface area contributed by atoms with E-state index in [2.05, 4.69) is 15.6 Å². The van der Waals surface area contributed by atoms with E-state index in [1.54, 1.807) is 0 Å². The van der Waals surface area contributed by atoms with Gasteiger partial charge in [-0.2, -0.15) is 0 Å². The largest absolute Gasteiger partial charge is 0.349 e.